The molecule has 1 saturated heterocycles. The minimum absolute atomic E-state index is 0.0446. The van der Waals surface area contributed by atoms with Crippen LogP contribution < -0.4 is 11.1 Å². The van der Waals surface area contributed by atoms with Gasteiger partial charge in [-0.2, -0.15) is 0 Å². The zero-order valence-electron chi connectivity index (χ0n) is 12.5. The van der Waals surface area contributed by atoms with Crippen molar-refractivity contribution in [3.63, 3.8) is 0 Å². The molecule has 0 radical (unpaired) electrons. The Kier molecular flexibility index (Phi) is 5.81. The third-order valence-corrected chi connectivity index (χ3v) is 4.36. The van der Waals surface area contributed by atoms with Gasteiger partial charge in [0.2, 0.25) is 0 Å². The van der Waals surface area contributed by atoms with Crippen LogP contribution in [0.2, 0.25) is 0 Å². The lowest BCUT2D eigenvalue weighted by atomic mass is 9.91. The van der Waals surface area contributed by atoms with Crippen molar-refractivity contribution in [2.24, 2.45) is 5.73 Å². The highest BCUT2D eigenvalue weighted by Crippen LogP contribution is 2.17. The first kappa shape index (κ1) is 16.0. The minimum atomic E-state index is -0.818. The molecule has 7 nitrogen and oxygen atoms in total. The van der Waals surface area contributed by atoms with Crippen molar-refractivity contribution in [3.05, 3.63) is 0 Å². The number of nitrogens with one attached hydrogen (secondary N) is 1. The Morgan fingerprint density at radius 3 is 2.57 bits per heavy atom. The minimum Gasteiger partial charge on any atom is -0.480 e. The number of nitrogens with zero attached hydrogens (tertiary/aromatic N) is 2. The highest BCUT2D eigenvalue weighted by molar-refractivity contribution is 5.74. The van der Waals surface area contributed by atoms with Gasteiger partial charge in [-0.1, -0.05) is 12.8 Å². The van der Waals surface area contributed by atoms with E-state index in [0.29, 0.717) is 19.6 Å². The summed E-state index contributed by atoms with van der Waals surface area (Å²) in [5.74, 6) is -0.818. The van der Waals surface area contributed by atoms with Crippen LogP contribution in [0, 0.1) is 0 Å². The third kappa shape index (κ3) is 4.86. The first-order chi connectivity index (χ1) is 10.1. The number of carboxylic acid groups (broad SMARTS) is 1. The second-order valence-electron chi connectivity index (χ2n) is 6.01. The van der Waals surface area contributed by atoms with Crippen molar-refractivity contribution >= 4 is 12.0 Å². The molecule has 2 atom stereocenters. The zero-order valence-corrected chi connectivity index (χ0v) is 12.5. The smallest absolute Gasteiger partial charge is 0.317 e. The van der Waals surface area contributed by atoms with E-state index in [1.54, 1.807) is 4.90 Å². The van der Waals surface area contributed by atoms with Crippen molar-refractivity contribution in [1.29, 1.82) is 0 Å². The van der Waals surface area contributed by atoms with Gasteiger partial charge in [-0.15, -0.1) is 0 Å². The lowest BCUT2D eigenvalue weighted by Crippen LogP contribution is -2.53. The number of nitrogens with two attached hydrogens (primary N) is 1. The molecule has 120 valence electrons. The number of aliphatic carboxylic acids is 1. The van der Waals surface area contributed by atoms with Gasteiger partial charge in [-0.05, 0) is 19.3 Å². The summed E-state index contributed by atoms with van der Waals surface area (Å²) in [5.41, 5.74) is 6.06. The Balaban J connectivity index is 1.81. The first-order valence-corrected chi connectivity index (χ1v) is 7.81. The summed E-state index contributed by atoms with van der Waals surface area (Å²) in [5, 5.41) is 11.9. The van der Waals surface area contributed by atoms with Crippen molar-refractivity contribution in [2.75, 3.05) is 32.7 Å². The zero-order chi connectivity index (χ0) is 15.2. The van der Waals surface area contributed by atoms with Crippen LogP contribution in [0.1, 0.15) is 32.1 Å². The molecule has 2 unspecified atom stereocenters. The van der Waals surface area contributed by atoms with Gasteiger partial charge < -0.3 is 21.1 Å². The van der Waals surface area contributed by atoms with Crippen molar-refractivity contribution in [2.45, 2.75) is 44.2 Å². The average molecular weight is 298 g/mol. The molecule has 2 aliphatic rings. The molecule has 1 heterocycles. The monoisotopic (exact) mass is 298 g/mol. The summed E-state index contributed by atoms with van der Waals surface area (Å²) in [6.07, 6.45) is 4.98. The highest BCUT2D eigenvalue weighted by Gasteiger charge is 2.26. The first-order valence-electron chi connectivity index (χ1n) is 7.81. The lowest BCUT2D eigenvalue weighted by molar-refractivity contribution is -0.138. The molecule has 2 amide bonds. The molecular formula is C14H26N4O3. The summed E-state index contributed by atoms with van der Waals surface area (Å²) < 4.78 is 0. The largest absolute Gasteiger partial charge is 0.480 e. The molecule has 0 aromatic rings. The van der Waals surface area contributed by atoms with Crippen LogP contribution in [-0.4, -0.2) is 71.7 Å². The van der Waals surface area contributed by atoms with E-state index in [1.807, 2.05) is 4.90 Å². The number of carbonyl (C=O) groups is 2. The predicted molar refractivity (Wildman–Crippen MR) is 79.0 cm³/mol. The summed E-state index contributed by atoms with van der Waals surface area (Å²) in [7, 11) is 0. The second kappa shape index (κ2) is 7.61. The molecule has 1 aliphatic carbocycles. The van der Waals surface area contributed by atoms with E-state index in [9.17, 15) is 9.59 Å². The van der Waals surface area contributed by atoms with Crippen LogP contribution in [0.3, 0.4) is 0 Å². The van der Waals surface area contributed by atoms with E-state index in [4.69, 9.17) is 10.8 Å². The quantitative estimate of drug-likeness (QED) is 0.684. The Bertz CT molecular complexity index is 377. The molecule has 0 spiro atoms. The Labute approximate surface area is 125 Å². The maximum absolute atomic E-state index is 12.3. The molecule has 2 rings (SSSR count). The van der Waals surface area contributed by atoms with Gasteiger partial charge in [0, 0.05) is 38.3 Å². The lowest BCUT2D eigenvalue weighted by Gasteiger charge is -2.31. The highest BCUT2D eigenvalue weighted by atomic mass is 16.4. The summed E-state index contributed by atoms with van der Waals surface area (Å²) in [6.45, 7) is 2.61. The number of carboxylic acids is 1. The molecule has 0 aromatic carbocycles. The van der Waals surface area contributed by atoms with Crippen molar-refractivity contribution in [1.82, 2.24) is 15.1 Å². The summed E-state index contributed by atoms with van der Waals surface area (Å²) in [4.78, 5) is 26.7. The van der Waals surface area contributed by atoms with E-state index < -0.39 is 5.97 Å². The summed E-state index contributed by atoms with van der Waals surface area (Å²) in [6, 6.07) is 0.0670. The standard InChI is InChI=1S/C14H26N4O3/c15-11-4-1-2-5-12(11)16-14(21)18-7-3-6-17(8-9-18)10-13(19)20/h11-12H,1-10,15H2,(H,16,21)(H,19,20). The number of urea groups is 1. The van der Waals surface area contributed by atoms with Gasteiger partial charge in [0.05, 0.1) is 6.54 Å². The average Bonchev–Trinajstić information content (AvgIpc) is 2.66. The van der Waals surface area contributed by atoms with Crippen LogP contribution in [0.4, 0.5) is 4.79 Å². The molecule has 0 bridgehead atoms. The molecule has 21 heavy (non-hydrogen) atoms. The van der Waals surface area contributed by atoms with Gasteiger partial charge in [-0.3, -0.25) is 9.69 Å². The van der Waals surface area contributed by atoms with E-state index in [2.05, 4.69) is 5.32 Å². The number of carbonyl (C=O) groups excluding carboxylic acids is 1. The SMILES string of the molecule is NC1CCCCC1NC(=O)N1CCCN(CC(=O)O)CC1. The Hall–Kier alpha value is -1.34. The molecule has 1 saturated carbocycles. The van der Waals surface area contributed by atoms with Crippen LogP contribution in [0.25, 0.3) is 0 Å². The fourth-order valence-electron chi connectivity index (χ4n) is 3.11. The van der Waals surface area contributed by atoms with Gasteiger partial charge in [0.15, 0.2) is 0 Å². The molecule has 2 fully saturated rings. The summed E-state index contributed by atoms with van der Waals surface area (Å²) >= 11 is 0. The number of amides is 2. The fourth-order valence-corrected chi connectivity index (χ4v) is 3.11. The molecular weight excluding hydrogens is 272 g/mol. The Morgan fingerprint density at radius 2 is 1.86 bits per heavy atom. The number of rotatable bonds is 3. The van der Waals surface area contributed by atoms with Gasteiger partial charge >= 0.3 is 12.0 Å². The van der Waals surface area contributed by atoms with Crippen LogP contribution in [0.5, 0.6) is 0 Å². The molecule has 7 heteroatoms. The van der Waals surface area contributed by atoms with Crippen molar-refractivity contribution in [3.8, 4) is 0 Å². The second-order valence-corrected chi connectivity index (χ2v) is 6.01. The number of hydrogen-bond donors (Lipinski definition) is 3. The predicted octanol–water partition coefficient (Wildman–Crippen LogP) is 0.0582. The normalized spacial score (nSPS) is 28.0. The van der Waals surface area contributed by atoms with Gasteiger partial charge in [-0.25, -0.2) is 4.79 Å². The topological polar surface area (TPSA) is 98.9 Å². The maximum Gasteiger partial charge on any atom is 0.317 e. The van der Waals surface area contributed by atoms with Crippen LogP contribution in [0.15, 0.2) is 0 Å². The van der Waals surface area contributed by atoms with Gasteiger partial charge in [0.1, 0.15) is 0 Å². The molecule has 4 N–H and O–H groups in total. The molecule has 1 aliphatic heterocycles. The van der Waals surface area contributed by atoms with Gasteiger partial charge in [0.25, 0.3) is 0 Å². The van der Waals surface area contributed by atoms with E-state index in [1.165, 1.54) is 0 Å². The van der Waals surface area contributed by atoms with E-state index >= 15 is 0 Å². The fraction of sp³-hybridized carbons (Fsp3) is 0.857. The Morgan fingerprint density at radius 1 is 1.10 bits per heavy atom. The van der Waals surface area contributed by atoms with E-state index in [-0.39, 0.29) is 24.7 Å². The third-order valence-electron chi connectivity index (χ3n) is 4.36. The van der Waals surface area contributed by atoms with Crippen LogP contribution in [-0.2, 0) is 4.79 Å². The van der Waals surface area contributed by atoms with Crippen molar-refractivity contribution < 1.29 is 14.7 Å². The maximum atomic E-state index is 12.3. The van der Waals surface area contributed by atoms with Crippen LogP contribution >= 0.6 is 0 Å². The number of hydrogen-bond acceptors (Lipinski definition) is 4. The molecule has 0 aromatic heterocycles. The van der Waals surface area contributed by atoms with E-state index in [0.717, 1.165) is 38.6 Å².